The van der Waals surface area contributed by atoms with Crippen LogP contribution in [0.15, 0.2) is 23.2 Å². The minimum atomic E-state index is 0.348. The number of rotatable bonds is 6. The minimum Gasteiger partial charge on any atom is -0.372 e. The van der Waals surface area contributed by atoms with Crippen molar-refractivity contribution in [2.24, 2.45) is 10.7 Å². The van der Waals surface area contributed by atoms with Gasteiger partial charge in [0.2, 0.25) is 0 Å². The van der Waals surface area contributed by atoms with Gasteiger partial charge in [0.25, 0.3) is 0 Å². The van der Waals surface area contributed by atoms with Crippen LogP contribution in [0.3, 0.4) is 0 Å². The van der Waals surface area contributed by atoms with Crippen molar-refractivity contribution in [3.8, 4) is 12.3 Å². The van der Waals surface area contributed by atoms with Gasteiger partial charge in [0.05, 0.1) is 17.6 Å². The lowest BCUT2D eigenvalue weighted by Gasteiger charge is -2.32. The zero-order chi connectivity index (χ0) is 16.7. The Morgan fingerprint density at radius 1 is 1.48 bits per heavy atom. The van der Waals surface area contributed by atoms with E-state index in [1.54, 1.807) is 0 Å². The molecule has 122 valence electrons. The molecule has 1 fully saturated rings. The van der Waals surface area contributed by atoms with Gasteiger partial charge in [-0.25, -0.2) is 0 Å². The van der Waals surface area contributed by atoms with E-state index in [1.165, 1.54) is 6.21 Å². The summed E-state index contributed by atoms with van der Waals surface area (Å²) in [6.45, 7) is 3.94. The second-order valence-corrected chi connectivity index (χ2v) is 5.86. The molecule has 5 nitrogen and oxygen atoms in total. The molecule has 0 aliphatic carbocycles. The van der Waals surface area contributed by atoms with Crippen molar-refractivity contribution in [2.75, 3.05) is 38.1 Å². The number of likely N-dealkylation sites (tertiary alicyclic amines) is 1. The predicted molar refractivity (Wildman–Crippen MR) is 95.5 cm³/mol. The number of hydrogen-bond donors (Lipinski definition) is 1. The molecule has 0 atom stereocenters. The van der Waals surface area contributed by atoms with Crippen LogP contribution in [-0.2, 0) is 4.79 Å². The van der Waals surface area contributed by atoms with Crippen LogP contribution in [0.4, 0.5) is 11.4 Å². The quantitative estimate of drug-likeness (QED) is 0.490. The molecule has 1 aliphatic rings. The van der Waals surface area contributed by atoms with Crippen LogP contribution in [0.2, 0.25) is 0 Å². The monoisotopic (exact) mass is 312 g/mol. The van der Waals surface area contributed by atoms with E-state index in [1.807, 2.05) is 25.2 Å². The standard InChI is InChI=1S/C18H24N4O/c1-3-15-4-5-17(20-8-13-23)18(14-15)21(2)11-12-22-9-6-16(19)7-10-22/h1,4-5,8,13-14,16H,6-7,9-12,19H2,2H3. The molecular weight excluding hydrogens is 288 g/mol. The van der Waals surface area contributed by atoms with Gasteiger partial charge >= 0.3 is 0 Å². The molecule has 0 amide bonds. The molecule has 1 aromatic carbocycles. The summed E-state index contributed by atoms with van der Waals surface area (Å²) in [4.78, 5) is 19.3. The second-order valence-electron chi connectivity index (χ2n) is 5.86. The number of piperidine rings is 1. The van der Waals surface area contributed by atoms with Gasteiger partial charge in [0, 0.05) is 31.7 Å². The molecule has 0 aromatic heterocycles. The summed E-state index contributed by atoms with van der Waals surface area (Å²) < 4.78 is 0. The number of likely N-dealkylation sites (N-methyl/N-ethyl adjacent to an activating group) is 1. The zero-order valence-corrected chi connectivity index (χ0v) is 13.6. The van der Waals surface area contributed by atoms with Crippen molar-refractivity contribution in [3.63, 3.8) is 0 Å². The maximum Gasteiger partial charge on any atom is 0.161 e. The number of carbonyl (C=O) groups excluding carboxylic acids is 1. The van der Waals surface area contributed by atoms with E-state index in [-0.39, 0.29) is 0 Å². The molecular formula is C18H24N4O. The van der Waals surface area contributed by atoms with Gasteiger partial charge in [-0.1, -0.05) is 5.92 Å². The first-order valence-corrected chi connectivity index (χ1v) is 7.91. The summed E-state index contributed by atoms with van der Waals surface area (Å²) in [5.74, 6) is 2.64. The average Bonchev–Trinajstić information content (AvgIpc) is 2.59. The normalized spacial score (nSPS) is 16.4. The highest BCUT2D eigenvalue weighted by Gasteiger charge is 2.16. The number of anilines is 1. The Labute approximate surface area is 138 Å². The molecule has 0 unspecified atom stereocenters. The van der Waals surface area contributed by atoms with Gasteiger partial charge in [-0.05, 0) is 44.1 Å². The third kappa shape index (κ3) is 4.92. The Bertz CT molecular complexity index is 598. The average molecular weight is 312 g/mol. The Morgan fingerprint density at radius 2 is 2.22 bits per heavy atom. The lowest BCUT2D eigenvalue weighted by Crippen LogP contribution is -2.42. The highest BCUT2D eigenvalue weighted by atomic mass is 16.1. The fourth-order valence-electron chi connectivity index (χ4n) is 2.73. The number of aliphatic imine (C=N–C) groups is 1. The smallest absolute Gasteiger partial charge is 0.161 e. The molecule has 0 bridgehead atoms. The van der Waals surface area contributed by atoms with Crippen LogP contribution in [0.5, 0.6) is 0 Å². The van der Waals surface area contributed by atoms with E-state index in [2.05, 4.69) is 20.7 Å². The molecule has 5 heteroatoms. The summed E-state index contributed by atoms with van der Waals surface area (Å²) >= 11 is 0. The first-order valence-electron chi connectivity index (χ1n) is 7.91. The van der Waals surface area contributed by atoms with Gasteiger partial charge in [-0.15, -0.1) is 6.42 Å². The molecule has 2 N–H and O–H groups in total. The molecule has 23 heavy (non-hydrogen) atoms. The van der Waals surface area contributed by atoms with Crippen molar-refractivity contribution < 1.29 is 4.79 Å². The van der Waals surface area contributed by atoms with Gasteiger partial charge in [-0.2, -0.15) is 0 Å². The Kier molecular flexibility index (Phi) is 6.33. The molecule has 1 aliphatic heterocycles. The first-order chi connectivity index (χ1) is 11.1. The van der Waals surface area contributed by atoms with Gasteiger partial charge in [-0.3, -0.25) is 9.79 Å². The van der Waals surface area contributed by atoms with Crippen molar-refractivity contribution in [3.05, 3.63) is 23.8 Å². The third-order valence-corrected chi connectivity index (χ3v) is 4.21. The lowest BCUT2D eigenvalue weighted by molar-refractivity contribution is -0.102. The number of aldehydes is 1. The maximum atomic E-state index is 10.5. The van der Waals surface area contributed by atoms with E-state index < -0.39 is 0 Å². The summed E-state index contributed by atoms with van der Waals surface area (Å²) in [5.41, 5.74) is 8.44. The van der Waals surface area contributed by atoms with Crippen LogP contribution < -0.4 is 10.6 Å². The fraction of sp³-hybridized carbons (Fsp3) is 0.444. The minimum absolute atomic E-state index is 0.348. The first kappa shape index (κ1) is 17.2. The second kappa shape index (κ2) is 8.47. The van der Waals surface area contributed by atoms with Crippen LogP contribution >= 0.6 is 0 Å². The van der Waals surface area contributed by atoms with Gasteiger partial charge in [0.1, 0.15) is 0 Å². The molecule has 0 saturated carbocycles. The van der Waals surface area contributed by atoms with Gasteiger partial charge in [0.15, 0.2) is 6.29 Å². The number of nitrogens with zero attached hydrogens (tertiary/aromatic N) is 3. The molecule has 1 heterocycles. The maximum absolute atomic E-state index is 10.5. The van der Waals surface area contributed by atoms with Crippen LogP contribution in [0.1, 0.15) is 18.4 Å². The molecule has 1 aromatic rings. The topological polar surface area (TPSA) is 61.9 Å². The lowest BCUT2D eigenvalue weighted by atomic mass is 10.1. The summed E-state index contributed by atoms with van der Waals surface area (Å²) in [7, 11) is 2.02. The number of hydrogen-bond acceptors (Lipinski definition) is 5. The summed E-state index contributed by atoms with van der Waals surface area (Å²) in [6.07, 6.45) is 9.55. The van der Waals surface area contributed by atoms with Crippen LogP contribution in [0.25, 0.3) is 0 Å². The van der Waals surface area contributed by atoms with E-state index in [9.17, 15) is 4.79 Å². The Morgan fingerprint density at radius 3 is 2.87 bits per heavy atom. The highest BCUT2D eigenvalue weighted by molar-refractivity contribution is 6.14. The summed E-state index contributed by atoms with van der Waals surface area (Å²) in [6, 6.07) is 5.96. The number of carbonyl (C=O) groups is 1. The van der Waals surface area contributed by atoms with Crippen LogP contribution in [0, 0.1) is 12.3 Å². The Hall–Kier alpha value is -2.16. The van der Waals surface area contributed by atoms with E-state index in [0.29, 0.717) is 12.3 Å². The largest absolute Gasteiger partial charge is 0.372 e. The third-order valence-electron chi connectivity index (χ3n) is 4.21. The van der Waals surface area contributed by atoms with Crippen molar-refractivity contribution in [1.82, 2.24) is 4.90 Å². The van der Waals surface area contributed by atoms with E-state index >= 15 is 0 Å². The predicted octanol–water partition coefficient (Wildman–Crippen LogP) is 1.43. The SMILES string of the molecule is C#Cc1ccc(N=CC=O)c(N(C)CCN2CCC(N)CC2)c1. The van der Waals surface area contributed by atoms with Crippen molar-refractivity contribution in [2.45, 2.75) is 18.9 Å². The molecule has 2 rings (SSSR count). The number of terminal acetylenes is 1. The van der Waals surface area contributed by atoms with Crippen LogP contribution in [-0.4, -0.2) is 56.7 Å². The number of benzene rings is 1. The fourth-order valence-corrected chi connectivity index (χ4v) is 2.73. The molecule has 0 spiro atoms. The number of nitrogens with two attached hydrogens (primary N) is 1. The van der Waals surface area contributed by atoms with Crippen molar-refractivity contribution in [1.29, 1.82) is 0 Å². The zero-order valence-electron chi connectivity index (χ0n) is 13.6. The Balaban J connectivity index is 2.04. The molecule has 1 saturated heterocycles. The van der Waals surface area contributed by atoms with Crippen molar-refractivity contribution >= 4 is 23.9 Å². The molecule has 0 radical (unpaired) electrons. The van der Waals surface area contributed by atoms with Gasteiger partial charge < -0.3 is 15.5 Å². The van der Waals surface area contributed by atoms with E-state index in [4.69, 9.17) is 12.2 Å². The highest BCUT2D eigenvalue weighted by Crippen LogP contribution is 2.28. The van der Waals surface area contributed by atoms with E-state index in [0.717, 1.165) is 56.0 Å². The summed E-state index contributed by atoms with van der Waals surface area (Å²) in [5, 5.41) is 0.